The zero-order chi connectivity index (χ0) is 14.3. The van der Waals surface area contributed by atoms with Crippen LogP contribution in [0.1, 0.15) is 5.56 Å². The molecule has 0 bridgehead atoms. The van der Waals surface area contributed by atoms with Crippen molar-refractivity contribution in [2.45, 2.75) is 12.6 Å². The summed E-state index contributed by atoms with van der Waals surface area (Å²) < 4.78 is 10.1. The van der Waals surface area contributed by atoms with Gasteiger partial charge in [0.05, 0.1) is 11.5 Å². The van der Waals surface area contributed by atoms with Gasteiger partial charge in [0.15, 0.2) is 5.75 Å². The molecule has 1 unspecified atom stereocenters. The first-order chi connectivity index (χ1) is 9.08. The number of nitro benzene ring substituents is 1. The zero-order valence-electron chi connectivity index (χ0n) is 11.0. The zero-order valence-corrected chi connectivity index (χ0v) is 11.0. The summed E-state index contributed by atoms with van der Waals surface area (Å²) in [5.41, 5.74) is 0.744. The summed E-state index contributed by atoms with van der Waals surface area (Å²) in [6.07, 6.45) is -0.822. The van der Waals surface area contributed by atoms with Gasteiger partial charge in [0, 0.05) is 19.7 Å². The van der Waals surface area contributed by atoms with E-state index < -0.39 is 11.0 Å². The lowest BCUT2D eigenvalue weighted by Crippen LogP contribution is -2.23. The second kappa shape index (κ2) is 7.67. The Labute approximate surface area is 111 Å². The Morgan fingerprint density at radius 1 is 1.47 bits per heavy atom. The monoisotopic (exact) mass is 270 g/mol. The Hall–Kier alpha value is -1.70. The van der Waals surface area contributed by atoms with Crippen molar-refractivity contribution in [2.24, 2.45) is 0 Å². The van der Waals surface area contributed by atoms with Gasteiger partial charge in [-0.2, -0.15) is 0 Å². The molecule has 0 amide bonds. The van der Waals surface area contributed by atoms with Gasteiger partial charge < -0.3 is 19.9 Å². The van der Waals surface area contributed by atoms with Crippen molar-refractivity contribution < 1.29 is 19.5 Å². The summed E-state index contributed by atoms with van der Waals surface area (Å²) in [6.45, 7) is 0.636. The Kier molecular flexibility index (Phi) is 6.20. The van der Waals surface area contributed by atoms with Gasteiger partial charge in [-0.1, -0.05) is 6.07 Å². The first-order valence-electron chi connectivity index (χ1n) is 5.80. The molecule has 0 aliphatic heterocycles. The van der Waals surface area contributed by atoms with Crippen molar-refractivity contribution in [1.29, 1.82) is 0 Å². The summed E-state index contributed by atoms with van der Waals surface area (Å²) in [5, 5.41) is 23.3. The fourth-order valence-corrected chi connectivity index (χ4v) is 1.57. The van der Waals surface area contributed by atoms with E-state index in [2.05, 4.69) is 5.32 Å². The van der Waals surface area contributed by atoms with E-state index in [1.54, 1.807) is 19.2 Å². The third-order valence-corrected chi connectivity index (χ3v) is 2.39. The Morgan fingerprint density at radius 3 is 2.79 bits per heavy atom. The highest BCUT2D eigenvalue weighted by Crippen LogP contribution is 2.28. The summed E-state index contributed by atoms with van der Waals surface area (Å²) in [7, 11) is 3.24. The van der Waals surface area contributed by atoms with Crippen molar-refractivity contribution in [3.8, 4) is 5.75 Å². The van der Waals surface area contributed by atoms with Gasteiger partial charge in [-0.15, -0.1) is 0 Å². The SMILES string of the molecule is CNCc1ccc([N+](=O)[O-])c(OCC(O)COC)c1. The molecule has 0 fully saturated rings. The number of aliphatic hydroxyl groups is 1. The van der Waals surface area contributed by atoms with Crippen LogP contribution in [0.4, 0.5) is 5.69 Å². The number of hydrogen-bond donors (Lipinski definition) is 2. The molecule has 7 heteroatoms. The molecule has 0 saturated carbocycles. The van der Waals surface area contributed by atoms with E-state index in [0.717, 1.165) is 5.56 Å². The molecule has 0 saturated heterocycles. The molecule has 1 aromatic rings. The van der Waals surface area contributed by atoms with Gasteiger partial charge in [-0.25, -0.2) is 0 Å². The normalized spacial score (nSPS) is 12.2. The third kappa shape index (κ3) is 4.82. The number of methoxy groups -OCH3 is 1. The fraction of sp³-hybridized carbons (Fsp3) is 0.500. The number of benzene rings is 1. The van der Waals surface area contributed by atoms with Crippen LogP contribution in [-0.4, -0.2) is 43.5 Å². The first kappa shape index (κ1) is 15.4. The minimum absolute atomic E-state index is 0.0579. The molecule has 0 spiro atoms. The van der Waals surface area contributed by atoms with Crippen LogP contribution in [0.25, 0.3) is 0 Å². The van der Waals surface area contributed by atoms with Gasteiger partial charge >= 0.3 is 5.69 Å². The van der Waals surface area contributed by atoms with Crippen LogP contribution in [0, 0.1) is 10.1 Å². The highest BCUT2D eigenvalue weighted by atomic mass is 16.6. The molecular weight excluding hydrogens is 252 g/mol. The largest absolute Gasteiger partial charge is 0.484 e. The van der Waals surface area contributed by atoms with Gasteiger partial charge in [0.2, 0.25) is 0 Å². The molecule has 0 heterocycles. The highest BCUT2D eigenvalue weighted by Gasteiger charge is 2.16. The van der Waals surface area contributed by atoms with Gasteiger partial charge in [0.1, 0.15) is 12.7 Å². The topological polar surface area (TPSA) is 93.9 Å². The maximum absolute atomic E-state index is 10.9. The molecule has 2 N–H and O–H groups in total. The van der Waals surface area contributed by atoms with Crippen LogP contribution in [0.3, 0.4) is 0 Å². The highest BCUT2D eigenvalue weighted by molar-refractivity contribution is 5.48. The van der Waals surface area contributed by atoms with E-state index >= 15 is 0 Å². The van der Waals surface area contributed by atoms with Crippen LogP contribution >= 0.6 is 0 Å². The number of nitro groups is 1. The number of aliphatic hydroxyl groups excluding tert-OH is 1. The van der Waals surface area contributed by atoms with Crippen LogP contribution in [0.2, 0.25) is 0 Å². The van der Waals surface area contributed by atoms with Gasteiger partial charge in [-0.3, -0.25) is 10.1 Å². The first-order valence-corrected chi connectivity index (χ1v) is 5.80. The maximum Gasteiger partial charge on any atom is 0.310 e. The summed E-state index contributed by atoms with van der Waals surface area (Å²) in [4.78, 5) is 10.4. The standard InChI is InChI=1S/C12H18N2O5/c1-13-6-9-3-4-11(14(16)17)12(5-9)19-8-10(15)7-18-2/h3-5,10,13,15H,6-8H2,1-2H3. The van der Waals surface area contributed by atoms with Crippen molar-refractivity contribution in [1.82, 2.24) is 5.32 Å². The lowest BCUT2D eigenvalue weighted by atomic mass is 10.2. The van der Waals surface area contributed by atoms with Crippen LogP contribution in [-0.2, 0) is 11.3 Å². The molecule has 0 aliphatic rings. The third-order valence-electron chi connectivity index (χ3n) is 2.39. The number of rotatable bonds is 8. The molecule has 0 radical (unpaired) electrons. The molecule has 106 valence electrons. The number of hydrogen-bond acceptors (Lipinski definition) is 6. The van der Waals surface area contributed by atoms with Gasteiger partial charge in [-0.05, 0) is 18.7 Å². The summed E-state index contributed by atoms with van der Waals surface area (Å²) in [5.74, 6) is 0.146. The van der Waals surface area contributed by atoms with Gasteiger partial charge in [0.25, 0.3) is 0 Å². The molecule has 0 aromatic heterocycles. The Bertz CT molecular complexity index is 425. The predicted molar refractivity (Wildman–Crippen MR) is 69.2 cm³/mol. The smallest absolute Gasteiger partial charge is 0.310 e. The lowest BCUT2D eigenvalue weighted by molar-refractivity contribution is -0.385. The molecule has 1 aromatic carbocycles. The quantitative estimate of drug-likeness (QED) is 0.533. The van der Waals surface area contributed by atoms with Crippen molar-refractivity contribution in [2.75, 3.05) is 27.4 Å². The Balaban J connectivity index is 2.82. The van der Waals surface area contributed by atoms with Crippen molar-refractivity contribution >= 4 is 5.69 Å². The molecular formula is C12H18N2O5. The molecule has 1 atom stereocenters. The minimum atomic E-state index is -0.822. The minimum Gasteiger partial charge on any atom is -0.484 e. The second-order valence-electron chi connectivity index (χ2n) is 4.01. The number of ether oxygens (including phenoxy) is 2. The summed E-state index contributed by atoms with van der Waals surface area (Å²) in [6, 6.07) is 4.64. The average molecular weight is 270 g/mol. The van der Waals surface area contributed by atoms with E-state index in [-0.39, 0.29) is 24.7 Å². The number of nitrogens with zero attached hydrogens (tertiary/aromatic N) is 1. The Morgan fingerprint density at radius 2 is 2.21 bits per heavy atom. The number of nitrogens with one attached hydrogen (secondary N) is 1. The molecule has 0 aliphatic carbocycles. The van der Waals surface area contributed by atoms with Crippen molar-refractivity contribution in [3.05, 3.63) is 33.9 Å². The second-order valence-corrected chi connectivity index (χ2v) is 4.01. The van der Waals surface area contributed by atoms with E-state index in [1.807, 2.05) is 0 Å². The average Bonchev–Trinajstić information content (AvgIpc) is 2.37. The van der Waals surface area contributed by atoms with E-state index in [0.29, 0.717) is 6.54 Å². The summed E-state index contributed by atoms with van der Waals surface area (Å²) >= 11 is 0. The van der Waals surface area contributed by atoms with E-state index in [1.165, 1.54) is 13.2 Å². The molecule has 19 heavy (non-hydrogen) atoms. The van der Waals surface area contributed by atoms with E-state index in [4.69, 9.17) is 9.47 Å². The van der Waals surface area contributed by atoms with E-state index in [9.17, 15) is 15.2 Å². The predicted octanol–water partition coefficient (Wildman–Crippen LogP) is 0.700. The van der Waals surface area contributed by atoms with Crippen LogP contribution < -0.4 is 10.1 Å². The van der Waals surface area contributed by atoms with Crippen LogP contribution in [0.5, 0.6) is 5.75 Å². The lowest BCUT2D eigenvalue weighted by Gasteiger charge is -2.12. The molecule has 7 nitrogen and oxygen atoms in total. The maximum atomic E-state index is 10.9. The molecule has 1 rings (SSSR count). The fourth-order valence-electron chi connectivity index (χ4n) is 1.57. The van der Waals surface area contributed by atoms with Crippen molar-refractivity contribution in [3.63, 3.8) is 0 Å². The van der Waals surface area contributed by atoms with Crippen LogP contribution in [0.15, 0.2) is 18.2 Å².